The molecule has 8 heteroatoms. The highest BCUT2D eigenvalue weighted by Gasteiger charge is 2.36. The van der Waals surface area contributed by atoms with Gasteiger partial charge in [0, 0.05) is 17.1 Å². The number of amides is 2. The molecule has 0 aliphatic carbocycles. The smallest absolute Gasteiger partial charge is 0.254 e. The van der Waals surface area contributed by atoms with Gasteiger partial charge in [0.05, 0.1) is 40.2 Å². The lowest BCUT2D eigenvalue weighted by atomic mass is 9.85. The highest BCUT2D eigenvalue weighted by molar-refractivity contribution is 8.03. The summed E-state index contributed by atoms with van der Waals surface area (Å²) in [6.07, 6.45) is 1.52. The van der Waals surface area contributed by atoms with Crippen molar-refractivity contribution in [2.45, 2.75) is 46.5 Å². The van der Waals surface area contributed by atoms with Gasteiger partial charge in [0.25, 0.3) is 5.91 Å². The van der Waals surface area contributed by atoms with Crippen molar-refractivity contribution in [2.24, 2.45) is 0 Å². The molecular formula is C31H32N4O3S. The largest absolute Gasteiger partial charge is 0.468 e. The van der Waals surface area contributed by atoms with E-state index in [9.17, 15) is 14.9 Å². The van der Waals surface area contributed by atoms with Crippen LogP contribution in [0, 0.1) is 25.2 Å². The van der Waals surface area contributed by atoms with E-state index >= 15 is 0 Å². The van der Waals surface area contributed by atoms with Crippen molar-refractivity contribution in [3.05, 3.63) is 105 Å². The van der Waals surface area contributed by atoms with Gasteiger partial charge in [-0.15, -0.1) is 0 Å². The summed E-state index contributed by atoms with van der Waals surface area (Å²) in [4.78, 5) is 26.4. The molecule has 2 heterocycles. The summed E-state index contributed by atoms with van der Waals surface area (Å²) in [7, 11) is 0. The minimum Gasteiger partial charge on any atom is -0.468 e. The summed E-state index contributed by atoms with van der Waals surface area (Å²) in [5, 5.41) is 19.9. The molecule has 1 aromatic heterocycles. The first-order valence-corrected chi connectivity index (χ1v) is 13.7. The molecule has 0 fully saturated rings. The molecule has 7 nitrogen and oxygen atoms in total. The molecule has 4 rings (SSSR count). The van der Waals surface area contributed by atoms with E-state index in [1.54, 1.807) is 19.1 Å². The number of carbonyl (C=O) groups is 2. The van der Waals surface area contributed by atoms with Crippen LogP contribution in [0.2, 0.25) is 0 Å². The molecule has 0 unspecified atom stereocenters. The van der Waals surface area contributed by atoms with Gasteiger partial charge in [-0.1, -0.05) is 55.9 Å². The Kier molecular flexibility index (Phi) is 8.62. The predicted octanol–water partition coefficient (Wildman–Crippen LogP) is 6.73. The lowest BCUT2D eigenvalue weighted by Crippen LogP contribution is -2.31. The number of rotatable bonds is 8. The number of para-hydroxylation sites is 1. The Morgan fingerprint density at radius 3 is 2.31 bits per heavy atom. The number of thioether (sulfide) groups is 1. The fraction of sp³-hybridized carbons (Fsp3) is 0.258. The van der Waals surface area contributed by atoms with E-state index in [1.807, 2.05) is 56.3 Å². The first kappa shape index (κ1) is 27.8. The van der Waals surface area contributed by atoms with Gasteiger partial charge in [-0.3, -0.25) is 9.59 Å². The lowest BCUT2D eigenvalue weighted by Gasteiger charge is -2.28. The quantitative estimate of drug-likeness (QED) is 0.293. The van der Waals surface area contributed by atoms with Gasteiger partial charge < -0.3 is 20.4 Å². The molecule has 0 radical (unpaired) electrons. The molecule has 39 heavy (non-hydrogen) atoms. The Labute approximate surface area is 233 Å². The third-order valence-electron chi connectivity index (χ3n) is 6.65. The van der Waals surface area contributed by atoms with Crippen LogP contribution in [-0.4, -0.2) is 17.6 Å². The van der Waals surface area contributed by atoms with Crippen LogP contribution >= 0.6 is 11.8 Å². The molecule has 0 bridgehead atoms. The van der Waals surface area contributed by atoms with E-state index in [4.69, 9.17) is 4.42 Å². The van der Waals surface area contributed by atoms with Crippen LogP contribution in [-0.2, 0) is 9.59 Å². The van der Waals surface area contributed by atoms with Gasteiger partial charge in [-0.2, -0.15) is 5.26 Å². The van der Waals surface area contributed by atoms with E-state index in [2.05, 4.69) is 35.9 Å². The van der Waals surface area contributed by atoms with Gasteiger partial charge in [0.1, 0.15) is 5.76 Å². The normalized spacial score (nSPS) is 15.2. The zero-order valence-corrected chi connectivity index (χ0v) is 23.5. The number of benzene rings is 2. The van der Waals surface area contributed by atoms with Crippen LogP contribution in [0.4, 0.5) is 11.4 Å². The third-order valence-corrected chi connectivity index (χ3v) is 7.67. The summed E-state index contributed by atoms with van der Waals surface area (Å²) >= 11 is 1.22. The summed E-state index contributed by atoms with van der Waals surface area (Å²) in [6, 6.07) is 19.3. The lowest BCUT2D eigenvalue weighted by molar-refractivity contribution is -0.114. The summed E-state index contributed by atoms with van der Waals surface area (Å²) in [5.74, 6) is -0.264. The molecule has 2 aromatic carbocycles. The average molecular weight is 541 g/mol. The highest BCUT2D eigenvalue weighted by atomic mass is 32.2. The SMILES string of the molecule is CC1=C(C(=O)Nc2c(C)cccc2C)[C@@H](c2ccco2)C(C#N)=C(SCC(=O)Nc2ccc(C(C)C)cc2)N1. The molecule has 3 N–H and O–H groups in total. The van der Waals surface area contributed by atoms with Crippen LogP contribution < -0.4 is 16.0 Å². The Hall–Kier alpha value is -4.22. The maximum atomic E-state index is 13.6. The summed E-state index contributed by atoms with van der Waals surface area (Å²) in [5.41, 5.74) is 5.83. The number of nitriles is 1. The number of anilines is 2. The Bertz CT molecular complexity index is 1460. The fourth-order valence-electron chi connectivity index (χ4n) is 4.55. The van der Waals surface area contributed by atoms with Crippen molar-refractivity contribution < 1.29 is 14.0 Å². The second kappa shape index (κ2) is 12.1. The molecule has 1 atom stereocenters. The maximum absolute atomic E-state index is 13.6. The van der Waals surface area contributed by atoms with E-state index in [1.165, 1.54) is 23.6 Å². The molecule has 200 valence electrons. The number of hydrogen-bond donors (Lipinski definition) is 3. The third kappa shape index (κ3) is 6.27. The highest BCUT2D eigenvalue weighted by Crippen LogP contribution is 2.41. The number of furan rings is 1. The first-order chi connectivity index (χ1) is 18.7. The van der Waals surface area contributed by atoms with Crippen molar-refractivity contribution in [1.82, 2.24) is 5.32 Å². The molecular weight excluding hydrogens is 508 g/mol. The molecule has 0 saturated carbocycles. The minimum absolute atomic E-state index is 0.0849. The van der Waals surface area contributed by atoms with E-state index < -0.39 is 5.92 Å². The second-order valence-corrected chi connectivity index (χ2v) is 10.8. The number of allylic oxidation sites excluding steroid dienone is 2. The Balaban J connectivity index is 1.56. The zero-order chi connectivity index (χ0) is 28.1. The fourth-order valence-corrected chi connectivity index (χ4v) is 5.44. The Morgan fingerprint density at radius 2 is 1.72 bits per heavy atom. The minimum atomic E-state index is -0.718. The monoisotopic (exact) mass is 540 g/mol. The standard InChI is InChI=1S/C31H32N4O3S/c1-18(2)22-11-13-23(14-12-22)34-26(36)17-39-31-24(16-32)28(25-10-7-15-38-25)27(21(5)33-31)30(37)35-29-19(3)8-6-9-20(29)4/h6-15,18,28,33H,17H2,1-5H3,(H,34,36)(H,35,37)/t28-/m1/s1. The zero-order valence-electron chi connectivity index (χ0n) is 22.7. The first-order valence-electron chi connectivity index (χ1n) is 12.7. The van der Waals surface area contributed by atoms with Crippen LogP contribution in [0.3, 0.4) is 0 Å². The number of aryl methyl sites for hydroxylation is 2. The van der Waals surface area contributed by atoms with Crippen LogP contribution in [0.15, 0.2) is 87.1 Å². The van der Waals surface area contributed by atoms with Gasteiger partial charge >= 0.3 is 0 Å². The number of carbonyl (C=O) groups excluding carboxylic acids is 2. The topological polar surface area (TPSA) is 107 Å². The summed E-state index contributed by atoms with van der Waals surface area (Å²) in [6.45, 7) is 9.90. The van der Waals surface area contributed by atoms with Crippen molar-refractivity contribution >= 4 is 35.0 Å². The number of hydrogen-bond acceptors (Lipinski definition) is 6. The molecule has 1 aliphatic heterocycles. The number of nitrogens with one attached hydrogen (secondary N) is 3. The van der Waals surface area contributed by atoms with Crippen molar-refractivity contribution in [2.75, 3.05) is 16.4 Å². The van der Waals surface area contributed by atoms with Crippen LogP contribution in [0.1, 0.15) is 55.1 Å². The molecule has 0 spiro atoms. The van der Waals surface area contributed by atoms with Gasteiger partial charge in [0.2, 0.25) is 5.91 Å². The van der Waals surface area contributed by atoms with Crippen LogP contribution in [0.25, 0.3) is 0 Å². The molecule has 3 aromatic rings. The molecule has 2 amide bonds. The Morgan fingerprint density at radius 1 is 1.03 bits per heavy atom. The van der Waals surface area contributed by atoms with Gasteiger partial charge in [-0.25, -0.2) is 0 Å². The van der Waals surface area contributed by atoms with Crippen molar-refractivity contribution in [3.8, 4) is 6.07 Å². The number of nitrogens with zero attached hydrogens (tertiary/aromatic N) is 1. The molecule has 0 saturated heterocycles. The van der Waals surface area contributed by atoms with Gasteiger partial charge in [-0.05, 0) is 67.6 Å². The average Bonchev–Trinajstić information content (AvgIpc) is 3.44. The van der Waals surface area contributed by atoms with E-state index in [0.29, 0.717) is 39.2 Å². The van der Waals surface area contributed by atoms with E-state index in [-0.39, 0.29) is 17.6 Å². The maximum Gasteiger partial charge on any atom is 0.254 e. The molecule has 1 aliphatic rings. The van der Waals surface area contributed by atoms with Crippen molar-refractivity contribution in [1.29, 1.82) is 5.26 Å². The van der Waals surface area contributed by atoms with Gasteiger partial charge in [0.15, 0.2) is 0 Å². The van der Waals surface area contributed by atoms with Crippen molar-refractivity contribution in [3.63, 3.8) is 0 Å². The number of dihydropyridines is 1. The second-order valence-electron chi connectivity index (χ2n) is 9.80. The summed E-state index contributed by atoms with van der Waals surface area (Å²) < 4.78 is 5.70. The predicted molar refractivity (Wildman–Crippen MR) is 156 cm³/mol. The van der Waals surface area contributed by atoms with E-state index in [0.717, 1.165) is 16.8 Å². The van der Waals surface area contributed by atoms with Crippen LogP contribution in [0.5, 0.6) is 0 Å².